The second kappa shape index (κ2) is 10.3. The van der Waals surface area contributed by atoms with Crippen LogP contribution in [-0.4, -0.2) is 39.0 Å². The predicted octanol–water partition coefficient (Wildman–Crippen LogP) is 4.45. The third-order valence-electron chi connectivity index (χ3n) is 4.78. The third-order valence-corrected chi connectivity index (χ3v) is 5.62. The lowest BCUT2D eigenvalue weighted by atomic mass is 10.2. The summed E-state index contributed by atoms with van der Waals surface area (Å²) in [7, 11) is 0. The molecular weight excluding hydrogens is 424 g/mol. The Labute approximate surface area is 190 Å². The van der Waals surface area contributed by atoms with Crippen LogP contribution >= 0.6 is 11.8 Å². The summed E-state index contributed by atoms with van der Waals surface area (Å²) < 4.78 is 6.75. The summed E-state index contributed by atoms with van der Waals surface area (Å²) in [6.45, 7) is 2.11. The molecule has 0 spiro atoms. The molecule has 2 aromatic carbocycles. The number of benzene rings is 2. The van der Waals surface area contributed by atoms with Crippen molar-refractivity contribution in [3.05, 3.63) is 72.1 Å². The Morgan fingerprint density at radius 1 is 1.16 bits per heavy atom. The largest absolute Gasteiger partial charge is 0.463 e. The van der Waals surface area contributed by atoms with E-state index in [2.05, 4.69) is 15.4 Å². The Balaban J connectivity index is 1.33. The van der Waals surface area contributed by atoms with Gasteiger partial charge in [-0.3, -0.25) is 4.79 Å². The van der Waals surface area contributed by atoms with Gasteiger partial charge in [0.15, 0.2) is 0 Å². The maximum Gasteiger partial charge on any atom is 0.330 e. The van der Waals surface area contributed by atoms with Gasteiger partial charge in [0.2, 0.25) is 11.1 Å². The molecule has 0 atom stereocenters. The van der Waals surface area contributed by atoms with Gasteiger partial charge < -0.3 is 10.1 Å². The quantitative estimate of drug-likeness (QED) is 0.296. The van der Waals surface area contributed by atoms with E-state index >= 15 is 0 Å². The minimum atomic E-state index is -0.380. The molecule has 7 nitrogen and oxygen atoms in total. The van der Waals surface area contributed by atoms with Crippen LogP contribution in [0.3, 0.4) is 0 Å². The molecule has 0 saturated heterocycles. The third kappa shape index (κ3) is 5.85. The number of amides is 1. The second-order valence-electron chi connectivity index (χ2n) is 7.32. The van der Waals surface area contributed by atoms with Gasteiger partial charge in [-0.2, -0.15) is 0 Å². The van der Waals surface area contributed by atoms with Gasteiger partial charge in [0.25, 0.3) is 0 Å². The van der Waals surface area contributed by atoms with Crippen molar-refractivity contribution in [1.82, 2.24) is 14.8 Å². The number of anilines is 1. The van der Waals surface area contributed by atoms with Gasteiger partial charge in [0.1, 0.15) is 5.82 Å². The van der Waals surface area contributed by atoms with E-state index < -0.39 is 0 Å². The Bertz CT molecular complexity index is 1110. The lowest BCUT2D eigenvalue weighted by Crippen LogP contribution is -2.14. The summed E-state index contributed by atoms with van der Waals surface area (Å²) in [6, 6.07) is 17.2. The first-order valence-corrected chi connectivity index (χ1v) is 11.5. The van der Waals surface area contributed by atoms with Gasteiger partial charge in [-0.15, -0.1) is 5.10 Å². The Hall–Kier alpha value is -3.39. The molecule has 1 aromatic heterocycles. The molecule has 0 unspecified atom stereocenters. The monoisotopic (exact) mass is 448 g/mol. The van der Waals surface area contributed by atoms with Crippen LogP contribution < -0.4 is 5.32 Å². The van der Waals surface area contributed by atoms with E-state index in [1.807, 2.05) is 47.1 Å². The normalized spacial score (nSPS) is 13.3. The summed E-state index contributed by atoms with van der Waals surface area (Å²) in [6.07, 6.45) is 5.30. The van der Waals surface area contributed by atoms with Crippen molar-refractivity contribution in [3.8, 4) is 5.69 Å². The highest BCUT2D eigenvalue weighted by atomic mass is 32.2. The standard InChI is InChI=1S/C24H24N4O3S/c1-2-31-22(30)15-10-17-8-13-19(14-9-17)25-21(29)16-32-24-26-23(18-11-12-18)28(27-24)20-6-4-3-5-7-20/h3-10,13-15,18H,2,11-12,16H2,1H3,(H,25,29)/b15-10+. The Morgan fingerprint density at radius 2 is 1.91 bits per heavy atom. The number of para-hydroxylation sites is 1. The highest BCUT2D eigenvalue weighted by Gasteiger charge is 2.30. The first kappa shape index (κ1) is 21.8. The minimum Gasteiger partial charge on any atom is -0.463 e. The SMILES string of the molecule is CCOC(=O)/C=C/c1ccc(NC(=O)CSc2nc(C3CC3)n(-c3ccccc3)n2)cc1. The molecular formula is C24H24N4O3S. The van der Waals surface area contributed by atoms with Crippen LogP contribution in [0, 0.1) is 0 Å². The van der Waals surface area contributed by atoms with Gasteiger partial charge in [-0.1, -0.05) is 42.1 Å². The number of nitrogens with zero attached hydrogens (tertiary/aromatic N) is 3. The van der Waals surface area contributed by atoms with E-state index in [4.69, 9.17) is 4.74 Å². The second-order valence-corrected chi connectivity index (χ2v) is 8.26. The van der Waals surface area contributed by atoms with Crippen LogP contribution in [0.5, 0.6) is 0 Å². The van der Waals surface area contributed by atoms with Crippen molar-refractivity contribution in [1.29, 1.82) is 0 Å². The average molecular weight is 449 g/mol. The average Bonchev–Trinajstić information content (AvgIpc) is 3.57. The molecule has 32 heavy (non-hydrogen) atoms. The molecule has 0 bridgehead atoms. The molecule has 8 heteroatoms. The zero-order chi connectivity index (χ0) is 22.3. The number of esters is 1. The van der Waals surface area contributed by atoms with E-state index in [1.165, 1.54) is 17.8 Å². The smallest absolute Gasteiger partial charge is 0.330 e. The molecule has 4 rings (SSSR count). The number of carbonyl (C=O) groups is 2. The molecule has 1 aliphatic carbocycles. The summed E-state index contributed by atoms with van der Waals surface area (Å²) in [5.74, 6) is 1.12. The fraction of sp³-hybridized carbons (Fsp3) is 0.250. The van der Waals surface area contributed by atoms with Gasteiger partial charge in [-0.05, 0) is 55.7 Å². The van der Waals surface area contributed by atoms with Crippen LogP contribution in [0.25, 0.3) is 11.8 Å². The topological polar surface area (TPSA) is 86.1 Å². The predicted molar refractivity (Wildman–Crippen MR) is 125 cm³/mol. The van der Waals surface area contributed by atoms with Crippen LogP contribution in [0.1, 0.15) is 37.1 Å². The van der Waals surface area contributed by atoms with Crippen LogP contribution in [-0.2, 0) is 14.3 Å². The number of aromatic nitrogens is 3. The van der Waals surface area contributed by atoms with Crippen molar-refractivity contribution in [2.24, 2.45) is 0 Å². The summed E-state index contributed by atoms with van der Waals surface area (Å²) in [5.41, 5.74) is 2.51. The van der Waals surface area contributed by atoms with Gasteiger partial charge in [-0.25, -0.2) is 14.5 Å². The number of nitrogens with one attached hydrogen (secondary N) is 1. The van der Waals surface area contributed by atoms with Crippen LogP contribution in [0.4, 0.5) is 5.69 Å². The zero-order valence-corrected chi connectivity index (χ0v) is 18.5. The fourth-order valence-corrected chi connectivity index (χ4v) is 3.72. The van der Waals surface area contributed by atoms with Crippen molar-refractivity contribution in [2.75, 3.05) is 17.7 Å². The van der Waals surface area contributed by atoms with Gasteiger partial charge >= 0.3 is 5.97 Å². The van der Waals surface area contributed by atoms with Crippen molar-refractivity contribution >= 4 is 35.4 Å². The highest BCUT2D eigenvalue weighted by Crippen LogP contribution is 2.40. The molecule has 1 saturated carbocycles. The molecule has 1 heterocycles. The number of hydrogen-bond donors (Lipinski definition) is 1. The number of rotatable bonds is 9. The number of thioether (sulfide) groups is 1. The van der Waals surface area contributed by atoms with Crippen molar-refractivity contribution in [2.45, 2.75) is 30.8 Å². The Kier molecular flexibility index (Phi) is 7.01. The van der Waals surface area contributed by atoms with Crippen molar-refractivity contribution in [3.63, 3.8) is 0 Å². The zero-order valence-electron chi connectivity index (χ0n) is 17.7. The molecule has 164 valence electrons. The molecule has 1 amide bonds. The highest BCUT2D eigenvalue weighted by molar-refractivity contribution is 7.99. The van der Waals surface area contributed by atoms with Crippen LogP contribution in [0.15, 0.2) is 65.8 Å². The maximum atomic E-state index is 12.4. The van der Waals surface area contributed by atoms with Crippen LogP contribution in [0.2, 0.25) is 0 Å². The lowest BCUT2D eigenvalue weighted by Gasteiger charge is -2.04. The van der Waals surface area contributed by atoms with E-state index in [9.17, 15) is 9.59 Å². The first-order chi connectivity index (χ1) is 15.6. The van der Waals surface area contributed by atoms with E-state index in [0.717, 1.165) is 29.9 Å². The van der Waals surface area contributed by atoms with Crippen molar-refractivity contribution < 1.29 is 14.3 Å². The van der Waals surface area contributed by atoms with E-state index in [-0.39, 0.29) is 17.6 Å². The van der Waals surface area contributed by atoms with Gasteiger partial charge in [0, 0.05) is 17.7 Å². The molecule has 1 aliphatic rings. The number of hydrogen-bond acceptors (Lipinski definition) is 6. The van der Waals surface area contributed by atoms with Gasteiger partial charge in [0.05, 0.1) is 18.0 Å². The fourth-order valence-electron chi connectivity index (χ4n) is 3.09. The lowest BCUT2D eigenvalue weighted by molar-refractivity contribution is -0.137. The number of carbonyl (C=O) groups excluding carboxylic acids is 2. The minimum absolute atomic E-state index is 0.131. The molecule has 1 fully saturated rings. The summed E-state index contributed by atoms with van der Waals surface area (Å²) >= 11 is 1.32. The molecule has 3 aromatic rings. The summed E-state index contributed by atoms with van der Waals surface area (Å²) in [4.78, 5) is 28.5. The summed E-state index contributed by atoms with van der Waals surface area (Å²) in [5, 5.41) is 8.10. The van der Waals surface area contributed by atoms with E-state index in [1.54, 1.807) is 25.1 Å². The molecule has 0 radical (unpaired) electrons. The molecule has 0 aliphatic heterocycles. The first-order valence-electron chi connectivity index (χ1n) is 10.5. The molecule has 1 N–H and O–H groups in total. The Morgan fingerprint density at radius 3 is 2.59 bits per heavy atom. The maximum absolute atomic E-state index is 12.4. The van der Waals surface area contributed by atoms with E-state index in [0.29, 0.717) is 23.4 Å². The number of ether oxygens (including phenoxy) is 1.